The zero-order valence-corrected chi connectivity index (χ0v) is 9.31. The summed E-state index contributed by atoms with van der Waals surface area (Å²) in [5, 5.41) is 26.6. The number of rotatable bonds is 8. The molecule has 0 fully saturated rings. The first-order valence-electron chi connectivity index (χ1n) is 5.26. The van der Waals surface area contributed by atoms with E-state index in [0.717, 1.165) is 0 Å². The van der Waals surface area contributed by atoms with E-state index < -0.39 is 17.9 Å². The van der Waals surface area contributed by atoms with E-state index in [9.17, 15) is 9.59 Å². The van der Waals surface area contributed by atoms with E-state index in [-0.39, 0.29) is 19.3 Å². The zero-order chi connectivity index (χ0) is 12.6. The highest BCUT2D eigenvalue weighted by atomic mass is 16.8. The van der Waals surface area contributed by atoms with Crippen LogP contribution in [0.5, 0.6) is 0 Å². The molecule has 94 valence electrons. The third-order valence-corrected chi connectivity index (χ3v) is 1.87. The summed E-state index contributed by atoms with van der Waals surface area (Å²) < 4.78 is 4.41. The Morgan fingerprint density at radius 2 is 1.75 bits per heavy atom. The van der Waals surface area contributed by atoms with Gasteiger partial charge in [0.15, 0.2) is 0 Å². The molecule has 16 heavy (non-hydrogen) atoms. The fourth-order valence-corrected chi connectivity index (χ4v) is 1.16. The summed E-state index contributed by atoms with van der Waals surface area (Å²) in [5.74, 6) is -4.06. The number of ether oxygens (including phenoxy) is 1. The van der Waals surface area contributed by atoms with Crippen LogP contribution in [0.2, 0.25) is 0 Å². The molecule has 0 aliphatic carbocycles. The van der Waals surface area contributed by atoms with Crippen molar-refractivity contribution in [1.29, 1.82) is 0 Å². The van der Waals surface area contributed by atoms with Crippen molar-refractivity contribution in [2.75, 3.05) is 0 Å². The van der Waals surface area contributed by atoms with Crippen molar-refractivity contribution in [2.45, 2.75) is 51.4 Å². The number of carboxylic acids is 1. The van der Waals surface area contributed by atoms with Crippen LogP contribution in [0.25, 0.3) is 0 Å². The van der Waals surface area contributed by atoms with Gasteiger partial charge in [0, 0.05) is 19.3 Å². The largest absolute Gasteiger partial charge is 0.481 e. The summed E-state index contributed by atoms with van der Waals surface area (Å²) in [7, 11) is 0. The number of hydrogen-bond donors (Lipinski definition) is 3. The van der Waals surface area contributed by atoms with E-state index in [1.807, 2.05) is 0 Å². The van der Waals surface area contributed by atoms with Crippen LogP contribution in [0.3, 0.4) is 0 Å². The van der Waals surface area contributed by atoms with Crippen molar-refractivity contribution < 1.29 is 29.6 Å². The van der Waals surface area contributed by atoms with Crippen LogP contribution in [0.4, 0.5) is 0 Å². The second-order valence-electron chi connectivity index (χ2n) is 3.57. The van der Waals surface area contributed by atoms with Gasteiger partial charge in [-0.05, 0) is 19.3 Å². The highest BCUT2D eigenvalue weighted by Crippen LogP contribution is 2.12. The fourth-order valence-electron chi connectivity index (χ4n) is 1.16. The highest BCUT2D eigenvalue weighted by molar-refractivity contribution is 5.70. The van der Waals surface area contributed by atoms with E-state index in [1.54, 1.807) is 6.92 Å². The van der Waals surface area contributed by atoms with Gasteiger partial charge < -0.3 is 20.1 Å². The number of carboxylic acid groups (broad SMARTS) is 1. The van der Waals surface area contributed by atoms with Gasteiger partial charge in [-0.2, -0.15) is 0 Å². The molecule has 3 N–H and O–H groups in total. The Balaban J connectivity index is 3.69. The van der Waals surface area contributed by atoms with Gasteiger partial charge >= 0.3 is 17.9 Å². The average Bonchev–Trinajstić information content (AvgIpc) is 2.11. The molecule has 0 unspecified atom stereocenters. The monoisotopic (exact) mass is 234 g/mol. The molecular formula is C10H18O6. The van der Waals surface area contributed by atoms with Crippen LogP contribution in [-0.4, -0.2) is 33.2 Å². The summed E-state index contributed by atoms with van der Waals surface area (Å²) in [6, 6.07) is 0. The predicted molar refractivity (Wildman–Crippen MR) is 54.3 cm³/mol. The number of hydrogen-bond acceptors (Lipinski definition) is 5. The number of esters is 1. The van der Waals surface area contributed by atoms with Gasteiger partial charge in [0.25, 0.3) is 0 Å². The third kappa shape index (κ3) is 8.19. The topological polar surface area (TPSA) is 104 Å². The van der Waals surface area contributed by atoms with Crippen molar-refractivity contribution in [2.24, 2.45) is 0 Å². The lowest BCUT2D eigenvalue weighted by molar-refractivity contribution is -0.322. The lowest BCUT2D eigenvalue weighted by Gasteiger charge is -2.20. The van der Waals surface area contributed by atoms with Crippen molar-refractivity contribution >= 4 is 11.9 Å². The molecule has 6 heteroatoms. The number of unbranched alkanes of at least 4 members (excludes halogenated alkanes) is 1. The van der Waals surface area contributed by atoms with Crippen LogP contribution < -0.4 is 0 Å². The minimum absolute atomic E-state index is 0.00830. The Morgan fingerprint density at radius 1 is 1.19 bits per heavy atom. The minimum atomic E-state index is -2.40. The van der Waals surface area contributed by atoms with Crippen LogP contribution in [0.15, 0.2) is 0 Å². The summed E-state index contributed by atoms with van der Waals surface area (Å²) in [6.45, 7) is 1.72. The molecule has 0 aromatic rings. The van der Waals surface area contributed by atoms with Gasteiger partial charge in [-0.25, -0.2) is 0 Å². The van der Waals surface area contributed by atoms with Gasteiger partial charge in [-0.3, -0.25) is 9.59 Å². The van der Waals surface area contributed by atoms with E-state index in [1.165, 1.54) is 0 Å². The first-order valence-corrected chi connectivity index (χ1v) is 5.26. The average molecular weight is 234 g/mol. The van der Waals surface area contributed by atoms with Crippen LogP contribution in [-0.2, 0) is 14.3 Å². The van der Waals surface area contributed by atoms with Gasteiger partial charge in [-0.1, -0.05) is 6.92 Å². The number of aliphatic carboxylic acids is 1. The molecule has 0 atom stereocenters. The second-order valence-corrected chi connectivity index (χ2v) is 3.57. The Morgan fingerprint density at radius 3 is 2.25 bits per heavy atom. The SMILES string of the molecule is CCCC(O)(O)OC(=O)CCCCC(=O)O. The van der Waals surface area contributed by atoms with E-state index in [2.05, 4.69) is 4.74 Å². The maximum absolute atomic E-state index is 11.1. The molecule has 0 aliphatic rings. The Hall–Kier alpha value is -1.14. The zero-order valence-electron chi connectivity index (χ0n) is 9.31. The molecule has 0 aromatic heterocycles. The van der Waals surface area contributed by atoms with Gasteiger partial charge in [0.1, 0.15) is 0 Å². The highest BCUT2D eigenvalue weighted by Gasteiger charge is 2.26. The number of aliphatic hydroxyl groups is 2. The fraction of sp³-hybridized carbons (Fsp3) is 0.800. The van der Waals surface area contributed by atoms with Crippen LogP contribution in [0.1, 0.15) is 45.4 Å². The smallest absolute Gasteiger partial charge is 0.324 e. The van der Waals surface area contributed by atoms with Crippen molar-refractivity contribution in [3.05, 3.63) is 0 Å². The van der Waals surface area contributed by atoms with Gasteiger partial charge in [0.2, 0.25) is 0 Å². The minimum Gasteiger partial charge on any atom is -0.481 e. The predicted octanol–water partition coefficient (Wildman–Crippen LogP) is 0.613. The summed E-state index contributed by atoms with van der Waals surface area (Å²) in [4.78, 5) is 21.3. The van der Waals surface area contributed by atoms with Crippen molar-refractivity contribution in [1.82, 2.24) is 0 Å². The molecule has 0 saturated carbocycles. The molecule has 0 aromatic carbocycles. The molecule has 0 saturated heterocycles. The van der Waals surface area contributed by atoms with Crippen molar-refractivity contribution in [3.63, 3.8) is 0 Å². The first-order chi connectivity index (χ1) is 7.37. The molecule has 6 nitrogen and oxygen atoms in total. The lowest BCUT2D eigenvalue weighted by atomic mass is 10.2. The Kier molecular flexibility index (Phi) is 6.67. The molecule has 0 heterocycles. The maximum Gasteiger partial charge on any atom is 0.324 e. The first kappa shape index (κ1) is 14.9. The van der Waals surface area contributed by atoms with E-state index in [4.69, 9.17) is 15.3 Å². The quantitative estimate of drug-likeness (QED) is 0.323. The molecule has 0 radical (unpaired) electrons. The normalized spacial score (nSPS) is 11.2. The second kappa shape index (κ2) is 7.19. The third-order valence-electron chi connectivity index (χ3n) is 1.87. The van der Waals surface area contributed by atoms with E-state index in [0.29, 0.717) is 19.3 Å². The molecule has 0 bridgehead atoms. The summed E-state index contributed by atoms with van der Waals surface area (Å²) in [6.07, 6.45) is 1.12. The van der Waals surface area contributed by atoms with Gasteiger partial charge in [0.05, 0.1) is 0 Å². The Bertz CT molecular complexity index is 235. The summed E-state index contributed by atoms with van der Waals surface area (Å²) >= 11 is 0. The maximum atomic E-state index is 11.1. The van der Waals surface area contributed by atoms with Gasteiger partial charge in [-0.15, -0.1) is 0 Å². The lowest BCUT2D eigenvalue weighted by Crippen LogP contribution is -2.34. The standard InChI is InChI=1S/C10H18O6/c1-2-7-10(14,15)16-9(13)6-4-3-5-8(11)12/h14-15H,2-7H2,1H3,(H,11,12). The van der Waals surface area contributed by atoms with Crippen LogP contribution in [0, 0.1) is 0 Å². The van der Waals surface area contributed by atoms with E-state index >= 15 is 0 Å². The number of carbonyl (C=O) groups is 2. The van der Waals surface area contributed by atoms with Crippen molar-refractivity contribution in [3.8, 4) is 0 Å². The van der Waals surface area contributed by atoms with Crippen LogP contribution >= 0.6 is 0 Å². The molecule has 0 rings (SSSR count). The Labute approximate surface area is 93.8 Å². The number of carbonyl (C=O) groups excluding carboxylic acids is 1. The molecule has 0 amide bonds. The molecular weight excluding hydrogens is 216 g/mol. The summed E-state index contributed by atoms with van der Waals surface area (Å²) in [5.41, 5.74) is 0. The molecule has 0 spiro atoms. The molecule has 0 aliphatic heterocycles.